The lowest BCUT2D eigenvalue weighted by Gasteiger charge is -2.20. The number of hydrogen-bond donors (Lipinski definition) is 4. The van der Waals surface area contributed by atoms with E-state index in [0.29, 0.717) is 6.54 Å². The molecule has 0 spiro atoms. The number of anilines is 2. The van der Waals surface area contributed by atoms with Crippen LogP contribution in [0.4, 0.5) is 11.5 Å². The molecule has 0 bridgehead atoms. The average molecular weight is 270 g/mol. The molecule has 108 valence electrons. The van der Waals surface area contributed by atoms with Crippen molar-refractivity contribution in [2.45, 2.75) is 45.8 Å². The summed E-state index contributed by atoms with van der Waals surface area (Å²) < 4.78 is 1.33. The van der Waals surface area contributed by atoms with Crippen LogP contribution in [0.5, 0.6) is 0 Å². The Labute approximate surface area is 111 Å². The zero-order valence-electron chi connectivity index (χ0n) is 11.6. The summed E-state index contributed by atoms with van der Waals surface area (Å²) in [6, 6.07) is 0. The molecular formula is C12H22N4O3. The van der Waals surface area contributed by atoms with Gasteiger partial charge in [0, 0.05) is 13.1 Å². The van der Waals surface area contributed by atoms with E-state index in [-0.39, 0.29) is 18.1 Å². The molecule has 7 heteroatoms. The molecule has 0 atom stereocenters. The van der Waals surface area contributed by atoms with Crippen molar-refractivity contribution in [1.82, 2.24) is 9.55 Å². The van der Waals surface area contributed by atoms with E-state index in [2.05, 4.69) is 10.3 Å². The fourth-order valence-corrected chi connectivity index (χ4v) is 1.60. The molecule has 5 N–H and O–H groups in total. The van der Waals surface area contributed by atoms with Gasteiger partial charge >= 0.3 is 5.69 Å². The maximum absolute atomic E-state index is 11.7. The number of nitrogens with zero attached hydrogens (tertiary/aromatic N) is 1. The topological polar surface area (TPSA) is 113 Å². The molecule has 0 aliphatic heterocycles. The molecule has 0 aliphatic carbocycles. The quantitative estimate of drug-likeness (QED) is 0.585. The third-order valence-electron chi connectivity index (χ3n) is 2.67. The van der Waals surface area contributed by atoms with Gasteiger partial charge in [-0.15, -0.1) is 0 Å². The van der Waals surface area contributed by atoms with Crippen LogP contribution in [0, 0.1) is 0 Å². The van der Waals surface area contributed by atoms with Gasteiger partial charge in [-0.2, -0.15) is 0 Å². The normalized spacial score (nSPS) is 11.6. The lowest BCUT2D eigenvalue weighted by molar-refractivity contribution is 0.0945. The third-order valence-corrected chi connectivity index (χ3v) is 2.67. The number of nitrogens with one attached hydrogen (secondary N) is 2. The number of unbranched alkanes of at least 4 members (excludes halogenated alkanes) is 1. The number of aromatic amines is 1. The van der Waals surface area contributed by atoms with E-state index < -0.39 is 16.9 Å². The predicted molar refractivity (Wildman–Crippen MR) is 75.4 cm³/mol. The molecule has 0 saturated carbocycles. The number of rotatable bonds is 6. The van der Waals surface area contributed by atoms with Gasteiger partial charge in [0.25, 0.3) is 5.56 Å². The van der Waals surface area contributed by atoms with Gasteiger partial charge in [-0.25, -0.2) is 4.79 Å². The van der Waals surface area contributed by atoms with Crippen molar-refractivity contribution < 1.29 is 5.11 Å². The summed E-state index contributed by atoms with van der Waals surface area (Å²) in [5.74, 6) is 0.103. The maximum Gasteiger partial charge on any atom is 0.330 e. The molecule has 1 aromatic heterocycles. The number of nitrogen functional groups attached to an aromatic ring is 1. The van der Waals surface area contributed by atoms with Crippen LogP contribution in [0.3, 0.4) is 0 Å². The van der Waals surface area contributed by atoms with E-state index in [1.165, 1.54) is 4.57 Å². The van der Waals surface area contributed by atoms with Gasteiger partial charge in [-0.05, 0) is 20.3 Å². The monoisotopic (exact) mass is 270 g/mol. The van der Waals surface area contributed by atoms with Crippen LogP contribution < -0.4 is 22.3 Å². The molecule has 19 heavy (non-hydrogen) atoms. The number of aromatic nitrogens is 2. The predicted octanol–water partition coefficient (Wildman–Crippen LogP) is 0.102. The lowest BCUT2D eigenvalue weighted by Crippen LogP contribution is -2.37. The van der Waals surface area contributed by atoms with E-state index in [0.717, 1.165) is 12.8 Å². The van der Waals surface area contributed by atoms with Gasteiger partial charge in [0.15, 0.2) is 0 Å². The second kappa shape index (κ2) is 5.92. The molecule has 0 fully saturated rings. The molecular weight excluding hydrogens is 248 g/mol. The Morgan fingerprint density at radius 1 is 1.42 bits per heavy atom. The first kappa shape index (κ1) is 15.3. The van der Waals surface area contributed by atoms with Gasteiger partial charge in [0.1, 0.15) is 11.5 Å². The Morgan fingerprint density at radius 2 is 2.05 bits per heavy atom. The van der Waals surface area contributed by atoms with Crippen molar-refractivity contribution in [2.75, 3.05) is 17.6 Å². The second-order valence-corrected chi connectivity index (χ2v) is 5.19. The minimum atomic E-state index is -0.983. The number of hydrogen-bond acceptors (Lipinski definition) is 5. The molecule has 7 nitrogen and oxygen atoms in total. The van der Waals surface area contributed by atoms with Crippen molar-refractivity contribution in [3.8, 4) is 0 Å². The summed E-state index contributed by atoms with van der Waals surface area (Å²) in [5.41, 5.74) is 3.91. The number of nitrogens with two attached hydrogens (primary N) is 1. The number of H-pyrrole nitrogens is 1. The van der Waals surface area contributed by atoms with Crippen molar-refractivity contribution in [2.24, 2.45) is 0 Å². The van der Waals surface area contributed by atoms with E-state index in [4.69, 9.17) is 5.73 Å². The summed E-state index contributed by atoms with van der Waals surface area (Å²) in [7, 11) is 0. The third kappa shape index (κ3) is 4.13. The molecule has 1 heterocycles. The van der Waals surface area contributed by atoms with Crippen molar-refractivity contribution in [3.05, 3.63) is 20.8 Å². The van der Waals surface area contributed by atoms with Crippen LogP contribution in [0.2, 0.25) is 0 Å². The summed E-state index contributed by atoms with van der Waals surface area (Å²) in [6.07, 6.45) is 1.71. The zero-order chi connectivity index (χ0) is 14.6. The fraction of sp³-hybridized carbons (Fsp3) is 0.667. The van der Waals surface area contributed by atoms with Gasteiger partial charge in [-0.3, -0.25) is 14.3 Å². The lowest BCUT2D eigenvalue weighted by atomic mass is 10.1. The van der Waals surface area contributed by atoms with Crippen molar-refractivity contribution in [1.29, 1.82) is 0 Å². The average Bonchev–Trinajstić information content (AvgIpc) is 2.26. The Morgan fingerprint density at radius 3 is 2.58 bits per heavy atom. The molecule has 1 rings (SSSR count). The van der Waals surface area contributed by atoms with Crippen LogP contribution >= 0.6 is 0 Å². The molecule has 0 aliphatic rings. The summed E-state index contributed by atoms with van der Waals surface area (Å²) in [6.45, 7) is 5.83. The number of aliphatic hydroxyl groups is 1. The highest BCUT2D eigenvalue weighted by Gasteiger charge is 2.16. The molecule has 0 saturated heterocycles. The standard InChI is InChI=1S/C12H22N4O3/c1-4-5-6-16-9(13)8(10(17)15-11(16)18)14-7-12(2,3)19/h14,19H,4-7,13H2,1-3H3,(H,15,17,18). The van der Waals surface area contributed by atoms with Crippen LogP contribution in [0.1, 0.15) is 33.6 Å². The highest BCUT2D eigenvalue weighted by Crippen LogP contribution is 2.12. The summed E-state index contributed by atoms with van der Waals surface area (Å²) >= 11 is 0. The first-order valence-electron chi connectivity index (χ1n) is 6.35. The Hall–Kier alpha value is -1.76. The first-order valence-corrected chi connectivity index (χ1v) is 6.35. The summed E-state index contributed by atoms with van der Waals surface area (Å²) in [4.78, 5) is 25.6. The minimum Gasteiger partial charge on any atom is -0.389 e. The van der Waals surface area contributed by atoms with E-state index in [1.807, 2.05) is 6.92 Å². The summed E-state index contributed by atoms with van der Waals surface area (Å²) in [5, 5.41) is 12.4. The first-order chi connectivity index (χ1) is 8.76. The molecule has 0 aromatic carbocycles. The Kier molecular flexibility index (Phi) is 4.77. The second-order valence-electron chi connectivity index (χ2n) is 5.19. The molecule has 0 unspecified atom stereocenters. The van der Waals surface area contributed by atoms with Gasteiger partial charge < -0.3 is 16.2 Å². The molecule has 1 aromatic rings. The van der Waals surface area contributed by atoms with Gasteiger partial charge in [0.2, 0.25) is 0 Å². The van der Waals surface area contributed by atoms with E-state index in [9.17, 15) is 14.7 Å². The van der Waals surface area contributed by atoms with Gasteiger partial charge in [0.05, 0.1) is 5.60 Å². The fourth-order valence-electron chi connectivity index (χ4n) is 1.60. The largest absolute Gasteiger partial charge is 0.389 e. The minimum absolute atomic E-state index is 0.103. The van der Waals surface area contributed by atoms with Crippen molar-refractivity contribution >= 4 is 11.5 Å². The Balaban J connectivity index is 3.10. The van der Waals surface area contributed by atoms with Crippen molar-refractivity contribution in [3.63, 3.8) is 0 Å². The zero-order valence-corrected chi connectivity index (χ0v) is 11.6. The highest BCUT2D eigenvalue weighted by molar-refractivity contribution is 5.60. The van der Waals surface area contributed by atoms with Crippen LogP contribution in [0.15, 0.2) is 9.59 Å². The molecule has 0 radical (unpaired) electrons. The smallest absolute Gasteiger partial charge is 0.330 e. The Bertz CT molecular complexity index is 539. The SMILES string of the molecule is CCCCn1c(N)c(NCC(C)(C)O)c(=O)[nH]c1=O. The van der Waals surface area contributed by atoms with E-state index in [1.54, 1.807) is 13.8 Å². The highest BCUT2D eigenvalue weighted by atomic mass is 16.3. The van der Waals surface area contributed by atoms with Crippen LogP contribution in [0.25, 0.3) is 0 Å². The maximum atomic E-state index is 11.7. The van der Waals surface area contributed by atoms with Gasteiger partial charge in [-0.1, -0.05) is 13.3 Å². The van der Waals surface area contributed by atoms with Crippen LogP contribution in [-0.2, 0) is 6.54 Å². The molecule has 0 amide bonds. The van der Waals surface area contributed by atoms with Crippen LogP contribution in [-0.4, -0.2) is 26.8 Å². The van der Waals surface area contributed by atoms with E-state index >= 15 is 0 Å².